The van der Waals surface area contributed by atoms with Crippen LogP contribution in [0.5, 0.6) is 0 Å². The Labute approximate surface area is 131 Å². The molecule has 0 spiro atoms. The number of benzene rings is 2. The Hall–Kier alpha value is -2.16. The van der Waals surface area contributed by atoms with Gasteiger partial charge in [0.2, 0.25) is 5.91 Å². The van der Waals surface area contributed by atoms with Gasteiger partial charge in [-0.3, -0.25) is 4.79 Å². The lowest BCUT2D eigenvalue weighted by Crippen LogP contribution is -2.27. The van der Waals surface area contributed by atoms with Crippen molar-refractivity contribution < 1.29 is 9.18 Å². The van der Waals surface area contributed by atoms with Crippen molar-refractivity contribution in [2.75, 3.05) is 0 Å². The molecule has 2 nitrogen and oxygen atoms in total. The molecule has 2 aromatic rings. The summed E-state index contributed by atoms with van der Waals surface area (Å²) in [6, 6.07) is 12.5. The molecule has 1 amide bonds. The molecule has 1 atom stereocenters. The van der Waals surface area contributed by atoms with Gasteiger partial charge in [-0.2, -0.15) is 0 Å². The predicted molar refractivity (Wildman–Crippen MR) is 87.2 cm³/mol. The Balaban J connectivity index is 1.89. The van der Waals surface area contributed by atoms with E-state index >= 15 is 0 Å². The lowest BCUT2D eigenvalue weighted by molar-refractivity contribution is -0.121. The van der Waals surface area contributed by atoms with Gasteiger partial charge >= 0.3 is 0 Å². The summed E-state index contributed by atoms with van der Waals surface area (Å²) in [5.74, 6) is -0.242. The van der Waals surface area contributed by atoms with Gasteiger partial charge in [0.15, 0.2) is 0 Å². The molecule has 0 radical (unpaired) electrons. The van der Waals surface area contributed by atoms with Gasteiger partial charge in [0.1, 0.15) is 5.82 Å². The minimum absolute atomic E-state index is 0.0109. The number of carbonyl (C=O) groups excluding carboxylic acids is 1. The quantitative estimate of drug-likeness (QED) is 0.878. The molecule has 0 aliphatic heterocycles. The van der Waals surface area contributed by atoms with Crippen LogP contribution in [0.25, 0.3) is 0 Å². The van der Waals surface area contributed by atoms with E-state index in [9.17, 15) is 9.18 Å². The Bertz CT molecular complexity index is 649. The van der Waals surface area contributed by atoms with Crippen LogP contribution in [0.15, 0.2) is 42.5 Å². The molecule has 2 rings (SSSR count). The highest BCUT2D eigenvalue weighted by atomic mass is 19.1. The number of carbonyl (C=O) groups is 1. The first kappa shape index (κ1) is 16.2. The number of rotatable bonds is 5. The van der Waals surface area contributed by atoms with E-state index in [1.807, 2.05) is 6.92 Å². The number of halogens is 1. The molecule has 1 N–H and O–H groups in total. The van der Waals surface area contributed by atoms with Crippen molar-refractivity contribution in [3.05, 3.63) is 70.5 Å². The van der Waals surface area contributed by atoms with E-state index < -0.39 is 0 Å². The van der Waals surface area contributed by atoms with E-state index in [-0.39, 0.29) is 17.8 Å². The molecule has 0 fully saturated rings. The monoisotopic (exact) mass is 299 g/mol. The van der Waals surface area contributed by atoms with Gasteiger partial charge in [0.05, 0.1) is 6.04 Å². The molecule has 0 aliphatic carbocycles. The summed E-state index contributed by atoms with van der Waals surface area (Å²) in [5.41, 5.74) is 4.51. The molecule has 0 heterocycles. The Morgan fingerprint density at radius 2 is 1.82 bits per heavy atom. The summed E-state index contributed by atoms with van der Waals surface area (Å²) in [7, 11) is 0. The second kappa shape index (κ2) is 7.21. The Kier molecular flexibility index (Phi) is 5.31. The smallest absolute Gasteiger partial charge is 0.220 e. The number of amides is 1. The summed E-state index contributed by atoms with van der Waals surface area (Å²) in [6.07, 6.45) is 1.02. The third kappa shape index (κ3) is 4.42. The van der Waals surface area contributed by atoms with Crippen LogP contribution in [0.3, 0.4) is 0 Å². The van der Waals surface area contributed by atoms with Gasteiger partial charge < -0.3 is 5.32 Å². The average Bonchev–Trinajstić information content (AvgIpc) is 2.46. The van der Waals surface area contributed by atoms with E-state index in [0.717, 1.165) is 11.1 Å². The predicted octanol–water partition coefficient (Wildman–Crippen LogP) is 4.25. The van der Waals surface area contributed by atoms with Crippen LogP contribution in [-0.2, 0) is 11.2 Å². The average molecular weight is 299 g/mol. The maximum absolute atomic E-state index is 12.8. The van der Waals surface area contributed by atoms with Gasteiger partial charge in [-0.05, 0) is 56.0 Å². The second-order valence-corrected chi connectivity index (χ2v) is 5.78. The number of aryl methyl sites for hydroxylation is 3. The first-order valence-electron chi connectivity index (χ1n) is 7.56. The van der Waals surface area contributed by atoms with Crippen LogP contribution in [0.2, 0.25) is 0 Å². The molecule has 0 saturated carbocycles. The molecule has 0 saturated heterocycles. The summed E-state index contributed by atoms with van der Waals surface area (Å²) in [5, 5.41) is 3.03. The molecular weight excluding hydrogens is 277 g/mol. The van der Waals surface area contributed by atoms with Crippen molar-refractivity contribution in [3.63, 3.8) is 0 Å². The molecule has 0 aromatic heterocycles. The van der Waals surface area contributed by atoms with E-state index in [2.05, 4.69) is 37.4 Å². The van der Waals surface area contributed by atoms with Crippen LogP contribution < -0.4 is 5.32 Å². The van der Waals surface area contributed by atoms with Crippen molar-refractivity contribution in [2.24, 2.45) is 0 Å². The normalized spacial score (nSPS) is 12.0. The lowest BCUT2D eigenvalue weighted by Gasteiger charge is -2.17. The van der Waals surface area contributed by atoms with Crippen LogP contribution in [0, 0.1) is 19.7 Å². The van der Waals surface area contributed by atoms with Crippen molar-refractivity contribution in [3.8, 4) is 0 Å². The highest BCUT2D eigenvalue weighted by molar-refractivity contribution is 5.76. The van der Waals surface area contributed by atoms with E-state index in [4.69, 9.17) is 0 Å². The van der Waals surface area contributed by atoms with Crippen molar-refractivity contribution >= 4 is 5.91 Å². The van der Waals surface area contributed by atoms with Crippen LogP contribution >= 0.6 is 0 Å². The molecule has 2 aromatic carbocycles. The fraction of sp³-hybridized carbons (Fsp3) is 0.316. The lowest BCUT2D eigenvalue weighted by atomic mass is 10.00. The van der Waals surface area contributed by atoms with Crippen LogP contribution in [-0.4, -0.2) is 5.91 Å². The van der Waals surface area contributed by atoms with Crippen LogP contribution in [0.4, 0.5) is 4.39 Å². The van der Waals surface area contributed by atoms with Crippen molar-refractivity contribution in [2.45, 2.75) is 39.7 Å². The Morgan fingerprint density at radius 1 is 1.14 bits per heavy atom. The molecule has 0 aliphatic rings. The summed E-state index contributed by atoms with van der Waals surface area (Å²) >= 11 is 0. The maximum Gasteiger partial charge on any atom is 0.220 e. The summed E-state index contributed by atoms with van der Waals surface area (Å²) < 4.78 is 12.8. The van der Waals surface area contributed by atoms with Gasteiger partial charge in [-0.15, -0.1) is 0 Å². The van der Waals surface area contributed by atoms with E-state index in [1.54, 1.807) is 12.1 Å². The fourth-order valence-corrected chi connectivity index (χ4v) is 2.61. The minimum atomic E-state index is -0.253. The number of hydrogen-bond donors (Lipinski definition) is 1. The zero-order chi connectivity index (χ0) is 16.1. The fourth-order valence-electron chi connectivity index (χ4n) is 2.61. The Morgan fingerprint density at radius 3 is 2.45 bits per heavy atom. The molecule has 0 bridgehead atoms. The molecule has 116 valence electrons. The highest BCUT2D eigenvalue weighted by Gasteiger charge is 2.11. The first-order valence-corrected chi connectivity index (χ1v) is 7.56. The standard InChI is InChI=1S/C19H22FNO/c1-13-4-10-18(14(2)12-13)15(3)21-19(22)11-7-16-5-8-17(20)9-6-16/h4-6,8-10,12,15H,7,11H2,1-3H3,(H,21,22)/t15-/m1/s1. The van der Waals surface area contributed by atoms with Gasteiger partial charge in [0.25, 0.3) is 0 Å². The summed E-state index contributed by atoms with van der Waals surface area (Å²) in [4.78, 5) is 12.1. The maximum atomic E-state index is 12.8. The largest absolute Gasteiger partial charge is 0.350 e. The SMILES string of the molecule is Cc1ccc([C@@H](C)NC(=O)CCc2ccc(F)cc2)c(C)c1. The minimum Gasteiger partial charge on any atom is -0.350 e. The molecular formula is C19H22FNO. The molecule has 0 unspecified atom stereocenters. The zero-order valence-electron chi connectivity index (χ0n) is 13.3. The highest BCUT2D eigenvalue weighted by Crippen LogP contribution is 2.18. The first-order chi connectivity index (χ1) is 10.5. The van der Waals surface area contributed by atoms with Crippen molar-refractivity contribution in [1.29, 1.82) is 0 Å². The third-order valence-corrected chi connectivity index (χ3v) is 3.82. The zero-order valence-corrected chi connectivity index (χ0v) is 13.3. The second-order valence-electron chi connectivity index (χ2n) is 5.78. The molecule has 3 heteroatoms. The topological polar surface area (TPSA) is 29.1 Å². The van der Waals surface area contributed by atoms with Crippen LogP contribution in [0.1, 0.15) is 41.6 Å². The van der Waals surface area contributed by atoms with Crippen molar-refractivity contribution in [1.82, 2.24) is 5.32 Å². The van der Waals surface area contributed by atoms with E-state index in [0.29, 0.717) is 12.8 Å². The number of nitrogens with one attached hydrogen (secondary N) is 1. The van der Waals surface area contributed by atoms with E-state index in [1.165, 1.54) is 23.3 Å². The molecule has 22 heavy (non-hydrogen) atoms. The van der Waals surface area contributed by atoms with Gasteiger partial charge in [-0.25, -0.2) is 4.39 Å². The van der Waals surface area contributed by atoms with Gasteiger partial charge in [0, 0.05) is 6.42 Å². The summed E-state index contributed by atoms with van der Waals surface area (Å²) in [6.45, 7) is 6.11. The van der Waals surface area contributed by atoms with Gasteiger partial charge in [-0.1, -0.05) is 35.9 Å². The number of hydrogen-bond acceptors (Lipinski definition) is 1. The third-order valence-electron chi connectivity index (χ3n) is 3.82.